The quantitative estimate of drug-likeness (QED) is 0.0501. The first-order valence-corrected chi connectivity index (χ1v) is 48.2. The fraction of sp³-hybridized carbons (Fsp3) is 0.916. The van der Waals surface area contributed by atoms with Crippen LogP contribution in [0.25, 0.3) is 0 Å². The smallest absolute Gasteiger partial charge is 0.302 e. The van der Waals surface area contributed by atoms with Gasteiger partial charge in [0.25, 0.3) is 0 Å². The van der Waals surface area contributed by atoms with E-state index < -0.39 is 48.3 Å². The van der Waals surface area contributed by atoms with Crippen molar-refractivity contribution < 1.29 is 209 Å². The van der Waals surface area contributed by atoms with Gasteiger partial charge in [0.1, 0.15) is 102 Å². The number of ether oxygens (including phenoxy) is 36. The summed E-state index contributed by atoms with van der Waals surface area (Å²) in [4.78, 5) is 87.3. The van der Waals surface area contributed by atoms with Crippen LogP contribution in [0.5, 0.6) is 0 Å². The Bertz CT molecular complexity index is 2490. The van der Waals surface area contributed by atoms with Crippen molar-refractivity contribution in [2.45, 2.75) is 151 Å². The van der Waals surface area contributed by atoms with E-state index in [9.17, 15) is 38.4 Å². The van der Waals surface area contributed by atoms with Gasteiger partial charge in [-0.1, -0.05) is 34.1 Å². The standard InChI is InChI=1S/C28H60N2O9.C26H46O13.C22H38O13.C18H38O9.CH4/c1-5-7-11-31-19-21-38-27(23-35-17-15-33-13-9-29-3)25-37-26-28(39-22-20-32-12-8-6-2)24-36-18-16-34-14-10-30-4;1-21(27)13-31-5-7-35-17-25(38-11-9-33-15-23(3)29)19-37-20-26(39-12-10-34-16-24(4)30)18-36-8-6-32-14-22(2)28;1-17(23)30-7-5-27-13-21(34-11-9-32-19(3)25)15-29-16-22(35-12-10-33-20(4)26)14-28-6-8-31-18(2)24;1-19-5-9-23-13-17(26-11-7-21-3)15-25-16-18(27-12-8-22-4)14-24-10-6-20-2;/h27-30H,5-26H2,1-4H3;25-26H,5-20H2,1-4H3;21-22H,5-16H2,1-4H3;17-18H,5-16H2,1-4H3;1H4. The summed E-state index contributed by atoms with van der Waals surface area (Å²) >= 11 is 0. The van der Waals surface area contributed by atoms with Gasteiger partial charge in [0.05, 0.1) is 304 Å². The average Bonchev–Trinajstić information content (AvgIpc) is 0.968. The molecule has 0 saturated carbocycles. The van der Waals surface area contributed by atoms with Crippen molar-refractivity contribution >= 4 is 47.0 Å². The predicted molar refractivity (Wildman–Crippen MR) is 515 cm³/mol. The SMILES string of the molecule is C.CC(=O)COCCOCC(COCC(COCCOCC(C)=O)OCCOCC(C)=O)OCCOCC(C)=O.CC(=O)OCCOCC(COCC(COCCOC(C)=O)OCCOC(C)=O)OCCOC(C)=O.CCCCOCCOC(COCCOCCNC)COCC(COCCOCCNC)OCCOCCCC.COCCOCC(COCC(COCCOC)OCCOC)OCCOC. The van der Waals surface area contributed by atoms with Crippen molar-refractivity contribution in [3.8, 4) is 0 Å². The monoisotopic (exact) mass is 2060 g/mol. The van der Waals surface area contributed by atoms with E-state index in [1.165, 1.54) is 55.4 Å². The molecule has 0 radical (unpaired) electrons. The predicted octanol–water partition coefficient (Wildman–Crippen LogP) is 3.23. The van der Waals surface area contributed by atoms with Gasteiger partial charge in [0.15, 0.2) is 23.1 Å². The number of hydrogen-bond donors (Lipinski definition) is 2. The molecule has 2 N–H and O–H groups in total. The molecule has 0 bridgehead atoms. The van der Waals surface area contributed by atoms with Crippen LogP contribution >= 0.6 is 0 Å². The molecule has 0 spiro atoms. The average molecular weight is 2060 g/mol. The van der Waals surface area contributed by atoms with Gasteiger partial charge in [-0.15, -0.1) is 0 Å². The summed E-state index contributed by atoms with van der Waals surface area (Å²) in [5.74, 6) is -1.91. The van der Waals surface area contributed by atoms with Crippen LogP contribution in [0.3, 0.4) is 0 Å². The Balaban J connectivity index is -0.000000587. The zero-order valence-corrected chi connectivity index (χ0v) is 87.4. The Morgan fingerprint density at radius 1 is 0.191 bits per heavy atom. The number of carbonyl (C=O) groups is 8. The van der Waals surface area contributed by atoms with Crippen LogP contribution in [-0.4, -0.2) is 521 Å². The van der Waals surface area contributed by atoms with E-state index in [0.717, 1.165) is 52.0 Å². The maximum absolute atomic E-state index is 11.0. The molecule has 0 heterocycles. The topological polar surface area (TPSA) is 493 Å². The molecule has 840 valence electrons. The minimum absolute atomic E-state index is 0. The lowest BCUT2D eigenvalue weighted by atomic mass is 10.3. The number of methoxy groups -OCH3 is 4. The molecule has 0 aliphatic carbocycles. The Kier molecular flexibility index (Phi) is 122. The minimum Gasteiger partial charge on any atom is -0.463 e. The van der Waals surface area contributed by atoms with Crippen LogP contribution in [-0.2, 0) is 209 Å². The van der Waals surface area contributed by atoms with E-state index in [-0.39, 0.29) is 240 Å². The van der Waals surface area contributed by atoms with Gasteiger partial charge in [-0.25, -0.2) is 0 Å². The largest absolute Gasteiger partial charge is 0.463 e. The van der Waals surface area contributed by atoms with Gasteiger partial charge in [0, 0.05) is 82.4 Å². The van der Waals surface area contributed by atoms with Gasteiger partial charge >= 0.3 is 23.9 Å². The first-order valence-electron chi connectivity index (χ1n) is 48.2. The summed E-state index contributed by atoms with van der Waals surface area (Å²) < 4.78 is 197. The van der Waals surface area contributed by atoms with E-state index in [4.69, 9.17) is 171 Å². The molecule has 0 fully saturated rings. The molecule has 0 aliphatic heterocycles. The molecule has 0 aromatic rings. The molecular weight excluding hydrogens is 1870 g/mol. The highest BCUT2D eigenvalue weighted by molar-refractivity contribution is 5.77. The Morgan fingerprint density at radius 2 is 0.348 bits per heavy atom. The highest BCUT2D eigenvalue weighted by Crippen LogP contribution is 2.09. The van der Waals surface area contributed by atoms with Crippen LogP contribution in [0.2, 0.25) is 0 Å². The minimum atomic E-state index is -0.491. The Hall–Kier alpha value is -4.80. The molecule has 141 heavy (non-hydrogen) atoms. The van der Waals surface area contributed by atoms with Crippen molar-refractivity contribution in [2.24, 2.45) is 0 Å². The molecule has 0 aromatic carbocycles. The third kappa shape index (κ3) is 124. The number of unbranched alkanes of at least 4 members (excludes halogenated alkanes) is 2. The first-order chi connectivity index (χ1) is 68.0. The highest BCUT2D eigenvalue weighted by atomic mass is 16.7. The summed E-state index contributed by atoms with van der Waals surface area (Å²) in [6.07, 6.45) is 1.69. The molecule has 0 amide bonds. The first kappa shape index (κ1) is 145. The molecule has 8 atom stereocenters. The molecule has 46 heteroatoms. The van der Waals surface area contributed by atoms with Crippen LogP contribution in [0.4, 0.5) is 0 Å². The summed E-state index contributed by atoms with van der Waals surface area (Å²) in [5, 5.41) is 6.10. The van der Waals surface area contributed by atoms with Crippen LogP contribution < -0.4 is 10.6 Å². The normalized spacial score (nSPS) is 12.9. The molecule has 0 aliphatic rings. The zero-order chi connectivity index (χ0) is 104. The molecule has 8 unspecified atom stereocenters. The second-order valence-corrected chi connectivity index (χ2v) is 30.4. The van der Waals surface area contributed by atoms with E-state index in [1.807, 2.05) is 14.1 Å². The van der Waals surface area contributed by atoms with Crippen molar-refractivity contribution in [1.29, 1.82) is 0 Å². The van der Waals surface area contributed by atoms with Gasteiger partial charge in [0.2, 0.25) is 0 Å². The second-order valence-electron chi connectivity index (χ2n) is 30.4. The highest BCUT2D eigenvalue weighted by Gasteiger charge is 2.21. The Labute approximate surface area is 840 Å². The number of nitrogens with one attached hydrogen (secondary N) is 2. The number of rotatable bonds is 108. The summed E-state index contributed by atoms with van der Waals surface area (Å²) in [6.45, 7) is 35.8. The molecule has 0 rings (SSSR count). The fourth-order valence-electron chi connectivity index (χ4n) is 10.0. The van der Waals surface area contributed by atoms with Crippen molar-refractivity contribution in [3.05, 3.63) is 0 Å². The fourth-order valence-corrected chi connectivity index (χ4v) is 10.0. The van der Waals surface area contributed by atoms with Gasteiger partial charge < -0.3 is 181 Å². The van der Waals surface area contributed by atoms with E-state index in [0.29, 0.717) is 172 Å². The van der Waals surface area contributed by atoms with Crippen LogP contribution in [0.1, 0.15) is 102 Å². The Morgan fingerprint density at radius 3 is 0.553 bits per heavy atom. The van der Waals surface area contributed by atoms with Gasteiger partial charge in [-0.2, -0.15) is 0 Å². The van der Waals surface area contributed by atoms with Crippen molar-refractivity contribution in [3.63, 3.8) is 0 Å². The number of hydrogen-bond acceptors (Lipinski definition) is 46. The van der Waals surface area contributed by atoms with E-state index >= 15 is 0 Å². The van der Waals surface area contributed by atoms with E-state index in [1.54, 1.807) is 28.4 Å². The number of ketones is 4. The lowest BCUT2D eigenvalue weighted by Gasteiger charge is -2.22. The molecule has 46 nitrogen and oxygen atoms in total. The molecule has 0 saturated heterocycles. The number of esters is 4. The third-order valence-electron chi connectivity index (χ3n) is 16.9. The van der Waals surface area contributed by atoms with Crippen molar-refractivity contribution in [1.82, 2.24) is 10.6 Å². The van der Waals surface area contributed by atoms with Gasteiger partial charge in [-0.05, 0) is 54.6 Å². The summed E-state index contributed by atoms with van der Waals surface area (Å²) in [6, 6.07) is 0. The summed E-state index contributed by atoms with van der Waals surface area (Å²) in [7, 11) is 10.3. The lowest BCUT2D eigenvalue weighted by Crippen LogP contribution is -2.32. The molecule has 0 aromatic heterocycles. The maximum atomic E-state index is 11.0. The van der Waals surface area contributed by atoms with Crippen LogP contribution in [0.15, 0.2) is 0 Å². The van der Waals surface area contributed by atoms with Crippen molar-refractivity contribution in [2.75, 3.05) is 426 Å². The summed E-state index contributed by atoms with van der Waals surface area (Å²) in [5.41, 5.74) is 0. The zero-order valence-electron chi connectivity index (χ0n) is 87.4. The van der Waals surface area contributed by atoms with Crippen LogP contribution in [0, 0.1) is 0 Å². The second kappa shape index (κ2) is 119. The third-order valence-corrected chi connectivity index (χ3v) is 16.9. The number of Topliss-reactive ketones (excluding diaryl/α,β-unsaturated/α-hetero) is 4. The molecular formula is C95H186N2O44. The van der Waals surface area contributed by atoms with E-state index in [2.05, 4.69) is 24.5 Å². The maximum Gasteiger partial charge on any atom is 0.302 e. The lowest BCUT2D eigenvalue weighted by molar-refractivity contribution is -0.148. The van der Waals surface area contributed by atoms with Gasteiger partial charge in [-0.3, -0.25) is 38.4 Å². The number of likely N-dealkylation sites (N-methyl/N-ethyl adjacent to an activating group) is 2. The number of carbonyl (C=O) groups excluding carboxylic acids is 8.